The van der Waals surface area contributed by atoms with Gasteiger partial charge in [-0.25, -0.2) is 8.78 Å². The summed E-state index contributed by atoms with van der Waals surface area (Å²) < 4.78 is 26.9. The van der Waals surface area contributed by atoms with Crippen LogP contribution >= 0.6 is 24.0 Å². The zero-order valence-corrected chi connectivity index (χ0v) is 19.3. The number of amides is 1. The molecule has 0 aliphatic heterocycles. The maximum absolute atomic E-state index is 13.9. The Bertz CT molecular complexity index is 841. The average Bonchev–Trinajstić information content (AvgIpc) is 2.67. The number of carbonyl (C=O) groups is 1. The Balaban J connectivity index is 0.00000420. The summed E-state index contributed by atoms with van der Waals surface area (Å²) in [6.07, 6.45) is 0. The van der Waals surface area contributed by atoms with E-state index in [0.29, 0.717) is 30.2 Å². The molecule has 5 nitrogen and oxygen atoms in total. The first-order valence-corrected chi connectivity index (χ1v) is 9.02. The molecule has 29 heavy (non-hydrogen) atoms. The van der Waals surface area contributed by atoms with Gasteiger partial charge in [0, 0.05) is 51.8 Å². The van der Waals surface area contributed by atoms with Gasteiger partial charge in [-0.05, 0) is 29.3 Å². The first-order chi connectivity index (χ1) is 13.3. The SMILES string of the molecule is CN=C(NCc1ccc(C(=O)N(C)C)cc1)NCC(C)c1ccc(F)cc1F.I. The number of rotatable bonds is 6. The van der Waals surface area contributed by atoms with E-state index < -0.39 is 11.6 Å². The van der Waals surface area contributed by atoms with E-state index in [0.717, 1.165) is 11.6 Å². The van der Waals surface area contributed by atoms with E-state index >= 15 is 0 Å². The Morgan fingerprint density at radius 2 is 1.76 bits per heavy atom. The highest BCUT2D eigenvalue weighted by Crippen LogP contribution is 2.19. The summed E-state index contributed by atoms with van der Waals surface area (Å²) in [6, 6.07) is 10.9. The average molecular weight is 516 g/mol. The van der Waals surface area contributed by atoms with Crippen LogP contribution in [0.2, 0.25) is 0 Å². The van der Waals surface area contributed by atoms with Crippen molar-refractivity contribution in [1.82, 2.24) is 15.5 Å². The van der Waals surface area contributed by atoms with Gasteiger partial charge in [0.25, 0.3) is 5.91 Å². The zero-order chi connectivity index (χ0) is 20.7. The molecule has 0 bridgehead atoms. The third-order valence-corrected chi connectivity index (χ3v) is 4.36. The number of hydrogen-bond donors (Lipinski definition) is 2. The third-order valence-electron chi connectivity index (χ3n) is 4.36. The molecule has 2 aromatic rings. The van der Waals surface area contributed by atoms with Gasteiger partial charge in [0.15, 0.2) is 5.96 Å². The van der Waals surface area contributed by atoms with E-state index in [1.807, 2.05) is 19.1 Å². The minimum absolute atomic E-state index is 0. The fourth-order valence-corrected chi connectivity index (χ4v) is 2.69. The van der Waals surface area contributed by atoms with Crippen LogP contribution in [-0.4, -0.2) is 44.5 Å². The molecule has 0 aromatic heterocycles. The first kappa shape index (κ1) is 24.8. The molecule has 158 valence electrons. The van der Waals surface area contributed by atoms with Crippen LogP contribution in [0.3, 0.4) is 0 Å². The summed E-state index contributed by atoms with van der Waals surface area (Å²) in [6.45, 7) is 2.82. The molecule has 1 unspecified atom stereocenters. The molecule has 0 saturated carbocycles. The molecule has 0 heterocycles. The zero-order valence-electron chi connectivity index (χ0n) is 17.0. The molecule has 2 aromatic carbocycles. The van der Waals surface area contributed by atoms with E-state index in [9.17, 15) is 13.6 Å². The molecule has 0 radical (unpaired) electrons. The van der Waals surface area contributed by atoms with Crippen LogP contribution in [-0.2, 0) is 6.54 Å². The van der Waals surface area contributed by atoms with Crippen molar-refractivity contribution < 1.29 is 13.6 Å². The monoisotopic (exact) mass is 516 g/mol. The van der Waals surface area contributed by atoms with Gasteiger partial charge < -0.3 is 15.5 Å². The van der Waals surface area contributed by atoms with Crippen molar-refractivity contribution in [1.29, 1.82) is 0 Å². The molecule has 8 heteroatoms. The van der Waals surface area contributed by atoms with Crippen LogP contribution in [0.4, 0.5) is 8.78 Å². The molecule has 2 N–H and O–H groups in total. The lowest BCUT2D eigenvalue weighted by Gasteiger charge is -2.17. The van der Waals surface area contributed by atoms with Crippen molar-refractivity contribution in [2.24, 2.45) is 4.99 Å². The minimum Gasteiger partial charge on any atom is -0.356 e. The summed E-state index contributed by atoms with van der Waals surface area (Å²) in [5.74, 6) is -0.765. The first-order valence-electron chi connectivity index (χ1n) is 9.02. The fourth-order valence-electron chi connectivity index (χ4n) is 2.69. The van der Waals surface area contributed by atoms with E-state index in [1.165, 1.54) is 17.0 Å². The van der Waals surface area contributed by atoms with Gasteiger partial charge in [-0.3, -0.25) is 9.79 Å². The van der Waals surface area contributed by atoms with Crippen molar-refractivity contribution in [3.05, 3.63) is 70.8 Å². The third kappa shape index (κ3) is 7.26. The van der Waals surface area contributed by atoms with Crippen molar-refractivity contribution in [2.75, 3.05) is 27.7 Å². The predicted octanol–water partition coefficient (Wildman–Crippen LogP) is 3.75. The summed E-state index contributed by atoms with van der Waals surface area (Å²) in [4.78, 5) is 17.6. The second kappa shape index (κ2) is 11.7. The number of guanidine groups is 1. The van der Waals surface area contributed by atoms with Gasteiger partial charge in [-0.2, -0.15) is 0 Å². The van der Waals surface area contributed by atoms with Gasteiger partial charge in [0.05, 0.1) is 0 Å². The van der Waals surface area contributed by atoms with Gasteiger partial charge in [-0.1, -0.05) is 25.1 Å². The lowest BCUT2D eigenvalue weighted by atomic mass is 10.0. The molecule has 0 saturated heterocycles. The van der Waals surface area contributed by atoms with E-state index in [4.69, 9.17) is 0 Å². The number of hydrogen-bond acceptors (Lipinski definition) is 2. The molecule has 1 amide bonds. The maximum Gasteiger partial charge on any atom is 0.253 e. The van der Waals surface area contributed by atoms with Crippen molar-refractivity contribution in [2.45, 2.75) is 19.4 Å². The van der Waals surface area contributed by atoms with E-state index in [1.54, 1.807) is 33.3 Å². The van der Waals surface area contributed by atoms with Crippen molar-refractivity contribution in [3.8, 4) is 0 Å². The summed E-state index contributed by atoms with van der Waals surface area (Å²) in [7, 11) is 5.08. The standard InChI is InChI=1S/C21H26F2N4O.HI/c1-14(18-10-9-17(22)11-19(18)23)12-25-21(24-2)26-13-15-5-7-16(8-6-15)20(28)27(3)4;/h5-11,14H,12-13H2,1-4H3,(H2,24,25,26);1H. The number of nitrogens with one attached hydrogen (secondary N) is 2. The molecular formula is C21H27F2IN4O. The van der Waals surface area contributed by atoms with Crippen LogP contribution in [0, 0.1) is 11.6 Å². The highest BCUT2D eigenvalue weighted by Gasteiger charge is 2.12. The molecule has 2 rings (SSSR count). The van der Waals surface area contributed by atoms with Crippen molar-refractivity contribution in [3.63, 3.8) is 0 Å². The smallest absolute Gasteiger partial charge is 0.253 e. The lowest BCUT2D eigenvalue weighted by Crippen LogP contribution is -2.38. The van der Waals surface area contributed by atoms with E-state index in [-0.39, 0.29) is 35.8 Å². The number of aliphatic imine (C=N–C) groups is 1. The molecule has 0 spiro atoms. The highest BCUT2D eigenvalue weighted by molar-refractivity contribution is 14.0. The summed E-state index contributed by atoms with van der Waals surface area (Å²) in [5, 5.41) is 6.32. The van der Waals surface area contributed by atoms with Crippen LogP contribution in [0.15, 0.2) is 47.5 Å². The topological polar surface area (TPSA) is 56.7 Å². The van der Waals surface area contributed by atoms with Crippen LogP contribution in [0.25, 0.3) is 0 Å². The molecule has 0 aliphatic rings. The molecule has 1 atom stereocenters. The minimum atomic E-state index is -0.586. The van der Waals surface area contributed by atoms with Gasteiger partial charge in [0.1, 0.15) is 11.6 Å². The Kier molecular flexibility index (Phi) is 10.0. The number of nitrogens with zero attached hydrogens (tertiary/aromatic N) is 2. The Labute approximate surface area is 187 Å². The largest absolute Gasteiger partial charge is 0.356 e. The number of carbonyl (C=O) groups excluding carboxylic acids is 1. The normalized spacial score (nSPS) is 12.0. The van der Waals surface area contributed by atoms with Crippen molar-refractivity contribution >= 4 is 35.8 Å². The van der Waals surface area contributed by atoms with Crippen LogP contribution in [0.1, 0.15) is 34.3 Å². The lowest BCUT2D eigenvalue weighted by molar-refractivity contribution is 0.0827. The Morgan fingerprint density at radius 1 is 1.10 bits per heavy atom. The molecule has 0 fully saturated rings. The van der Waals surface area contributed by atoms with Gasteiger partial charge in [-0.15, -0.1) is 24.0 Å². The van der Waals surface area contributed by atoms with E-state index in [2.05, 4.69) is 15.6 Å². The maximum atomic E-state index is 13.9. The Hall–Kier alpha value is -2.23. The number of halogens is 3. The second-order valence-corrected chi connectivity index (χ2v) is 6.77. The molecular weight excluding hydrogens is 489 g/mol. The Morgan fingerprint density at radius 3 is 2.31 bits per heavy atom. The summed E-state index contributed by atoms with van der Waals surface area (Å²) in [5.41, 5.74) is 2.08. The second-order valence-electron chi connectivity index (χ2n) is 6.77. The quantitative estimate of drug-likeness (QED) is 0.350. The highest BCUT2D eigenvalue weighted by atomic mass is 127. The number of benzene rings is 2. The van der Waals surface area contributed by atoms with Crippen LogP contribution in [0.5, 0.6) is 0 Å². The molecule has 0 aliphatic carbocycles. The van der Waals surface area contributed by atoms with Gasteiger partial charge in [0.2, 0.25) is 0 Å². The predicted molar refractivity (Wildman–Crippen MR) is 123 cm³/mol. The van der Waals surface area contributed by atoms with Gasteiger partial charge >= 0.3 is 0 Å². The van der Waals surface area contributed by atoms with Crippen LogP contribution < -0.4 is 10.6 Å². The summed E-state index contributed by atoms with van der Waals surface area (Å²) >= 11 is 0. The fraction of sp³-hybridized carbons (Fsp3) is 0.333.